The van der Waals surface area contributed by atoms with E-state index in [0.717, 1.165) is 22.1 Å². The number of hydrogen-bond donors (Lipinski definition) is 1. The Kier molecular flexibility index (Phi) is 5.68. The highest BCUT2D eigenvalue weighted by molar-refractivity contribution is 9.10. The van der Waals surface area contributed by atoms with Gasteiger partial charge in [0.2, 0.25) is 0 Å². The first-order valence-electron chi connectivity index (χ1n) is 11.3. The minimum Gasteiger partial charge on any atom is -0.497 e. The van der Waals surface area contributed by atoms with E-state index in [-0.39, 0.29) is 0 Å². The number of ether oxygens (including phenoxy) is 1. The second-order valence-electron chi connectivity index (χ2n) is 9.80. The van der Waals surface area contributed by atoms with E-state index in [1.165, 1.54) is 49.8 Å². The van der Waals surface area contributed by atoms with Gasteiger partial charge >= 0.3 is 0 Å². The van der Waals surface area contributed by atoms with Gasteiger partial charge < -0.3 is 10.1 Å². The number of alkyl halides is 1. The number of halogens is 2. The SMILES string of the molecule is COc1ccc2c(c1)CC[C@@H]1[C@@H]2CC[C@]2(C)[C@@H](Nc3cccc(Br)c3)C[C@@H](Br)C[C@@H]12. The Bertz CT molecular complexity index is 931. The maximum Gasteiger partial charge on any atom is 0.119 e. The van der Waals surface area contributed by atoms with Gasteiger partial charge in [0.15, 0.2) is 0 Å². The van der Waals surface area contributed by atoms with Crippen molar-refractivity contribution in [3.8, 4) is 5.75 Å². The van der Waals surface area contributed by atoms with E-state index >= 15 is 0 Å². The lowest BCUT2D eigenvalue weighted by Gasteiger charge is -2.58. The fourth-order valence-corrected chi connectivity index (χ4v) is 7.99. The molecule has 2 aromatic carbocycles. The summed E-state index contributed by atoms with van der Waals surface area (Å²) in [4.78, 5) is 0.594. The van der Waals surface area contributed by atoms with Gasteiger partial charge in [-0.2, -0.15) is 0 Å². The van der Waals surface area contributed by atoms with Crippen LogP contribution < -0.4 is 10.1 Å². The van der Waals surface area contributed by atoms with Crippen LogP contribution in [-0.2, 0) is 6.42 Å². The van der Waals surface area contributed by atoms with E-state index in [2.05, 4.69) is 86.6 Å². The molecule has 0 saturated heterocycles. The standard InChI is InChI=1S/C26H31Br2NO/c1-26-11-10-22-21-9-7-20(30-2)12-16(21)6-8-23(22)24(26)14-18(28)15-25(26)29-19-5-3-4-17(27)13-19/h3-5,7,9,12-13,18,22-25,29H,6,8,10-11,14-15H2,1-2H3/t18-,22+,23+,24-,25-,26-/m0/s1. The lowest BCUT2D eigenvalue weighted by atomic mass is 9.49. The smallest absolute Gasteiger partial charge is 0.119 e. The number of hydrogen-bond acceptors (Lipinski definition) is 2. The Morgan fingerprint density at radius 2 is 1.97 bits per heavy atom. The molecule has 0 heterocycles. The zero-order chi connectivity index (χ0) is 20.9. The van der Waals surface area contributed by atoms with Crippen LogP contribution in [0.3, 0.4) is 0 Å². The molecule has 2 aromatic rings. The largest absolute Gasteiger partial charge is 0.497 e. The highest BCUT2D eigenvalue weighted by atomic mass is 79.9. The molecule has 30 heavy (non-hydrogen) atoms. The van der Waals surface area contributed by atoms with E-state index in [1.54, 1.807) is 12.7 Å². The molecule has 0 aliphatic heterocycles. The first-order chi connectivity index (χ1) is 14.5. The Morgan fingerprint density at radius 1 is 1.10 bits per heavy atom. The third-order valence-corrected chi connectivity index (χ3v) is 9.57. The van der Waals surface area contributed by atoms with E-state index in [9.17, 15) is 0 Å². The van der Waals surface area contributed by atoms with Crippen molar-refractivity contribution in [1.29, 1.82) is 0 Å². The topological polar surface area (TPSA) is 21.3 Å². The van der Waals surface area contributed by atoms with Crippen molar-refractivity contribution in [2.75, 3.05) is 12.4 Å². The van der Waals surface area contributed by atoms with Gasteiger partial charge in [0.1, 0.15) is 5.75 Å². The molecule has 160 valence electrons. The molecule has 5 rings (SSSR count). The number of aryl methyl sites for hydroxylation is 1. The lowest BCUT2D eigenvalue weighted by molar-refractivity contribution is -0.0109. The average Bonchev–Trinajstić information content (AvgIpc) is 2.74. The summed E-state index contributed by atoms with van der Waals surface area (Å²) in [5.74, 6) is 3.26. The van der Waals surface area contributed by atoms with Gasteiger partial charge in [0, 0.05) is 21.0 Å². The van der Waals surface area contributed by atoms with Gasteiger partial charge in [-0.25, -0.2) is 0 Å². The Balaban J connectivity index is 1.44. The summed E-state index contributed by atoms with van der Waals surface area (Å²) < 4.78 is 6.64. The Morgan fingerprint density at radius 3 is 2.77 bits per heavy atom. The van der Waals surface area contributed by atoms with Gasteiger partial charge in [-0.15, -0.1) is 0 Å². The van der Waals surface area contributed by atoms with Crippen LogP contribution in [0, 0.1) is 17.3 Å². The summed E-state index contributed by atoms with van der Waals surface area (Å²) in [6, 6.07) is 16.0. The Labute approximate surface area is 197 Å². The number of rotatable bonds is 3. The summed E-state index contributed by atoms with van der Waals surface area (Å²) in [5.41, 5.74) is 4.70. The molecule has 0 bridgehead atoms. The maximum absolute atomic E-state index is 5.49. The zero-order valence-electron chi connectivity index (χ0n) is 17.8. The minimum absolute atomic E-state index is 0.345. The first kappa shape index (κ1) is 20.9. The molecule has 0 radical (unpaired) electrons. The van der Waals surface area contributed by atoms with Crippen molar-refractivity contribution in [3.63, 3.8) is 0 Å². The van der Waals surface area contributed by atoms with Crippen LogP contribution in [0.15, 0.2) is 46.9 Å². The fourth-order valence-electron chi connectivity index (χ4n) is 6.81. The van der Waals surface area contributed by atoms with Crippen molar-refractivity contribution in [1.82, 2.24) is 0 Å². The van der Waals surface area contributed by atoms with Gasteiger partial charge in [-0.1, -0.05) is 50.9 Å². The summed E-state index contributed by atoms with van der Waals surface area (Å²) in [6.45, 7) is 2.58. The number of methoxy groups -OCH3 is 1. The quantitative estimate of drug-likeness (QED) is 0.412. The van der Waals surface area contributed by atoms with Crippen molar-refractivity contribution >= 4 is 37.5 Å². The van der Waals surface area contributed by atoms with Crippen LogP contribution >= 0.6 is 31.9 Å². The minimum atomic E-state index is 0.345. The van der Waals surface area contributed by atoms with E-state index in [1.807, 2.05) is 0 Å². The summed E-state index contributed by atoms with van der Waals surface area (Å²) in [7, 11) is 1.77. The van der Waals surface area contributed by atoms with E-state index < -0.39 is 0 Å². The molecule has 4 heteroatoms. The van der Waals surface area contributed by atoms with Gasteiger partial charge in [-0.05, 0) is 103 Å². The summed E-state index contributed by atoms with van der Waals surface area (Å²) in [6.07, 6.45) is 7.62. The fraction of sp³-hybridized carbons (Fsp3) is 0.538. The third-order valence-electron chi connectivity index (χ3n) is 8.33. The molecule has 3 aliphatic rings. The van der Waals surface area contributed by atoms with Crippen LogP contribution in [0.2, 0.25) is 0 Å². The van der Waals surface area contributed by atoms with Crippen LogP contribution in [0.5, 0.6) is 5.75 Å². The molecule has 6 atom stereocenters. The van der Waals surface area contributed by atoms with Crippen LogP contribution in [0.4, 0.5) is 5.69 Å². The molecule has 2 nitrogen and oxygen atoms in total. The van der Waals surface area contributed by atoms with Gasteiger partial charge in [-0.3, -0.25) is 0 Å². The Hall–Kier alpha value is -1.000. The van der Waals surface area contributed by atoms with Crippen molar-refractivity contribution in [3.05, 3.63) is 58.1 Å². The monoisotopic (exact) mass is 531 g/mol. The number of benzene rings is 2. The number of nitrogens with one attached hydrogen (secondary N) is 1. The lowest BCUT2D eigenvalue weighted by Crippen LogP contribution is -2.55. The van der Waals surface area contributed by atoms with E-state index in [4.69, 9.17) is 4.74 Å². The van der Waals surface area contributed by atoms with Crippen LogP contribution in [0.25, 0.3) is 0 Å². The zero-order valence-corrected chi connectivity index (χ0v) is 21.0. The molecular formula is C26H31Br2NO. The molecule has 0 amide bonds. The molecule has 2 fully saturated rings. The van der Waals surface area contributed by atoms with Gasteiger partial charge in [0.05, 0.1) is 7.11 Å². The molecule has 3 aliphatic carbocycles. The molecule has 2 saturated carbocycles. The number of anilines is 1. The van der Waals surface area contributed by atoms with Crippen molar-refractivity contribution < 1.29 is 4.74 Å². The molecule has 1 N–H and O–H groups in total. The van der Waals surface area contributed by atoms with Crippen molar-refractivity contribution in [2.45, 2.75) is 62.2 Å². The molecule has 0 aromatic heterocycles. The summed E-state index contributed by atoms with van der Waals surface area (Å²) in [5, 5.41) is 3.95. The van der Waals surface area contributed by atoms with Crippen LogP contribution in [0.1, 0.15) is 56.1 Å². The predicted molar refractivity (Wildman–Crippen MR) is 132 cm³/mol. The molecule has 0 unspecified atom stereocenters. The second kappa shape index (κ2) is 8.16. The second-order valence-corrected chi connectivity index (χ2v) is 12.0. The van der Waals surface area contributed by atoms with E-state index in [0.29, 0.717) is 22.2 Å². The third kappa shape index (κ3) is 3.62. The molecular weight excluding hydrogens is 502 g/mol. The van der Waals surface area contributed by atoms with Crippen LogP contribution in [-0.4, -0.2) is 18.0 Å². The number of fused-ring (bicyclic) bond motifs is 5. The van der Waals surface area contributed by atoms with Crippen molar-refractivity contribution in [2.24, 2.45) is 17.3 Å². The predicted octanol–water partition coefficient (Wildman–Crippen LogP) is 7.56. The summed E-state index contributed by atoms with van der Waals surface area (Å²) >= 11 is 7.68. The average molecular weight is 533 g/mol. The maximum atomic E-state index is 5.49. The first-order valence-corrected chi connectivity index (χ1v) is 13.0. The highest BCUT2D eigenvalue weighted by Gasteiger charge is 2.54. The van der Waals surface area contributed by atoms with Gasteiger partial charge in [0.25, 0.3) is 0 Å². The normalized spacial score (nSPS) is 35.0. The molecule has 0 spiro atoms. The highest BCUT2D eigenvalue weighted by Crippen LogP contribution is 2.60.